The summed E-state index contributed by atoms with van der Waals surface area (Å²) in [7, 11) is 0. The van der Waals surface area contributed by atoms with E-state index in [0.29, 0.717) is 28.4 Å². The number of hydrogen-bond donors (Lipinski definition) is 1. The Kier molecular flexibility index (Phi) is 5.11. The van der Waals surface area contributed by atoms with Crippen molar-refractivity contribution in [1.82, 2.24) is 19.8 Å². The average molecular weight is 456 g/mol. The number of carbonyl (C=O) groups excluding carboxylic acids is 1. The Morgan fingerprint density at radius 1 is 1.06 bits per heavy atom. The van der Waals surface area contributed by atoms with Gasteiger partial charge in [0.05, 0.1) is 15.5 Å². The zero-order valence-electron chi connectivity index (χ0n) is 17.3. The summed E-state index contributed by atoms with van der Waals surface area (Å²) in [6.07, 6.45) is 0. The highest BCUT2D eigenvalue weighted by atomic mass is 32.1. The number of nitrogens with one attached hydrogen (secondary N) is 1. The highest BCUT2D eigenvalue weighted by Gasteiger charge is 2.18. The minimum absolute atomic E-state index is 0.0932. The third-order valence-electron chi connectivity index (χ3n) is 5.17. The van der Waals surface area contributed by atoms with Gasteiger partial charge in [0.15, 0.2) is 11.5 Å². The van der Waals surface area contributed by atoms with Crippen molar-refractivity contribution in [2.75, 3.05) is 5.32 Å². The summed E-state index contributed by atoms with van der Waals surface area (Å²) in [4.78, 5) is 24.5. The monoisotopic (exact) mass is 456 g/mol. The van der Waals surface area contributed by atoms with Crippen LogP contribution in [0.15, 0.2) is 72.1 Å². The van der Waals surface area contributed by atoms with Crippen molar-refractivity contribution in [3.8, 4) is 22.0 Å². The van der Waals surface area contributed by atoms with Crippen LogP contribution < -0.4 is 5.32 Å². The molecule has 5 rings (SSSR count). The van der Waals surface area contributed by atoms with Crippen molar-refractivity contribution in [1.29, 1.82) is 0 Å². The van der Waals surface area contributed by atoms with Crippen molar-refractivity contribution < 1.29 is 9.72 Å². The summed E-state index contributed by atoms with van der Waals surface area (Å²) >= 11 is 1.56. The standard InChI is InChI=1S/C23H16N6O3S/c1-14-17(7-3-8-19(14)29(31)32)23(30)24-16-6-2-5-15(13-16)18-10-11-21-25-26-22(28(21)27-18)20-9-4-12-33-20/h2-13H,1H3,(H,24,30). The number of fused-ring (bicyclic) bond motifs is 1. The second-order valence-corrected chi connectivity index (χ2v) is 8.18. The van der Waals surface area contributed by atoms with Gasteiger partial charge in [-0.1, -0.05) is 24.3 Å². The van der Waals surface area contributed by atoms with E-state index in [0.717, 1.165) is 10.4 Å². The van der Waals surface area contributed by atoms with Gasteiger partial charge < -0.3 is 5.32 Å². The Morgan fingerprint density at radius 3 is 2.70 bits per heavy atom. The highest BCUT2D eigenvalue weighted by molar-refractivity contribution is 7.13. The number of nitrogens with zero attached hydrogens (tertiary/aromatic N) is 5. The van der Waals surface area contributed by atoms with E-state index in [1.54, 1.807) is 41.0 Å². The van der Waals surface area contributed by atoms with E-state index >= 15 is 0 Å². The number of aromatic nitrogens is 4. The third-order valence-corrected chi connectivity index (χ3v) is 6.03. The number of amides is 1. The summed E-state index contributed by atoms with van der Waals surface area (Å²) in [6, 6.07) is 19.3. The van der Waals surface area contributed by atoms with Crippen LogP contribution >= 0.6 is 11.3 Å². The second kappa shape index (κ2) is 8.24. The molecule has 0 saturated heterocycles. The van der Waals surface area contributed by atoms with E-state index in [1.807, 2.05) is 41.8 Å². The Morgan fingerprint density at radius 2 is 1.91 bits per heavy atom. The van der Waals surface area contributed by atoms with Gasteiger partial charge in [-0.3, -0.25) is 14.9 Å². The van der Waals surface area contributed by atoms with Gasteiger partial charge in [-0.05, 0) is 48.7 Å². The molecule has 3 heterocycles. The van der Waals surface area contributed by atoms with Crippen LogP contribution in [0.3, 0.4) is 0 Å². The maximum atomic E-state index is 12.8. The third kappa shape index (κ3) is 3.83. The van der Waals surface area contributed by atoms with Crippen LogP contribution in [-0.4, -0.2) is 30.6 Å². The van der Waals surface area contributed by atoms with Gasteiger partial charge >= 0.3 is 0 Å². The lowest BCUT2D eigenvalue weighted by atomic mass is 10.1. The van der Waals surface area contributed by atoms with Crippen molar-refractivity contribution in [2.24, 2.45) is 0 Å². The molecule has 33 heavy (non-hydrogen) atoms. The second-order valence-electron chi connectivity index (χ2n) is 7.23. The normalized spacial score (nSPS) is 10.9. The molecule has 0 bridgehead atoms. The largest absolute Gasteiger partial charge is 0.322 e. The molecule has 3 aromatic heterocycles. The van der Waals surface area contributed by atoms with E-state index in [9.17, 15) is 14.9 Å². The molecule has 0 spiro atoms. The van der Waals surface area contributed by atoms with Crippen LogP contribution in [0.5, 0.6) is 0 Å². The number of nitro groups is 1. The number of thiophene rings is 1. The predicted molar refractivity (Wildman–Crippen MR) is 125 cm³/mol. The quantitative estimate of drug-likeness (QED) is 0.294. The molecule has 0 fully saturated rings. The molecule has 0 aliphatic rings. The Bertz CT molecular complexity index is 1510. The maximum Gasteiger partial charge on any atom is 0.273 e. The molecule has 0 aliphatic carbocycles. The molecule has 9 nitrogen and oxygen atoms in total. The molecular weight excluding hydrogens is 440 g/mol. The molecule has 1 amide bonds. The number of hydrogen-bond acceptors (Lipinski definition) is 7. The first-order valence-electron chi connectivity index (χ1n) is 9.93. The fourth-order valence-electron chi connectivity index (χ4n) is 3.52. The molecule has 5 aromatic rings. The molecule has 0 saturated carbocycles. The van der Waals surface area contributed by atoms with Crippen LogP contribution in [-0.2, 0) is 0 Å². The van der Waals surface area contributed by atoms with Crippen molar-refractivity contribution in [3.63, 3.8) is 0 Å². The van der Waals surface area contributed by atoms with Crippen LogP contribution in [0.25, 0.3) is 27.6 Å². The van der Waals surface area contributed by atoms with Gasteiger partial charge in [0.2, 0.25) is 0 Å². The summed E-state index contributed by atoms with van der Waals surface area (Å²) in [5.41, 5.74) is 3.12. The first-order valence-corrected chi connectivity index (χ1v) is 10.8. The number of benzene rings is 2. The maximum absolute atomic E-state index is 12.8. The van der Waals surface area contributed by atoms with Crippen molar-refractivity contribution in [3.05, 3.63) is 93.4 Å². The van der Waals surface area contributed by atoms with E-state index in [4.69, 9.17) is 5.10 Å². The van der Waals surface area contributed by atoms with E-state index < -0.39 is 10.8 Å². The molecule has 2 aromatic carbocycles. The molecule has 0 aliphatic heterocycles. The highest BCUT2D eigenvalue weighted by Crippen LogP contribution is 2.26. The van der Waals surface area contributed by atoms with Crippen LogP contribution in [0.1, 0.15) is 15.9 Å². The summed E-state index contributed by atoms with van der Waals surface area (Å²) in [5, 5.41) is 29.1. The number of nitro benzene ring substituents is 1. The van der Waals surface area contributed by atoms with E-state index in [1.165, 1.54) is 12.1 Å². The summed E-state index contributed by atoms with van der Waals surface area (Å²) in [6.45, 7) is 1.56. The van der Waals surface area contributed by atoms with Crippen molar-refractivity contribution >= 4 is 34.3 Å². The van der Waals surface area contributed by atoms with Gasteiger partial charge in [0.1, 0.15) is 0 Å². The zero-order valence-corrected chi connectivity index (χ0v) is 18.1. The first kappa shape index (κ1) is 20.5. The first-order chi connectivity index (χ1) is 16.0. The Hall–Kier alpha value is -4.44. The topological polar surface area (TPSA) is 115 Å². The number of carbonyl (C=O) groups is 1. The Balaban J connectivity index is 1.46. The van der Waals surface area contributed by atoms with Gasteiger partial charge in [0, 0.05) is 28.4 Å². The molecule has 10 heteroatoms. The lowest BCUT2D eigenvalue weighted by Crippen LogP contribution is -2.14. The predicted octanol–water partition coefficient (Wildman–Crippen LogP) is 4.99. The minimum atomic E-state index is -0.496. The summed E-state index contributed by atoms with van der Waals surface area (Å²) < 4.78 is 1.69. The molecule has 0 unspecified atom stereocenters. The smallest absolute Gasteiger partial charge is 0.273 e. The summed E-state index contributed by atoms with van der Waals surface area (Å²) in [5.74, 6) is 0.239. The molecule has 1 N–H and O–H groups in total. The fourth-order valence-corrected chi connectivity index (χ4v) is 4.22. The fraction of sp³-hybridized carbons (Fsp3) is 0.0435. The zero-order chi connectivity index (χ0) is 22.9. The van der Waals surface area contributed by atoms with Gasteiger partial charge in [-0.25, -0.2) is 0 Å². The van der Waals surface area contributed by atoms with Crippen molar-refractivity contribution in [2.45, 2.75) is 6.92 Å². The SMILES string of the molecule is Cc1c(C(=O)Nc2cccc(-c3ccc4nnc(-c5cccs5)n4n3)c2)cccc1[N+](=O)[O-]. The molecule has 0 radical (unpaired) electrons. The minimum Gasteiger partial charge on any atom is -0.322 e. The van der Waals surface area contributed by atoms with Crippen LogP contribution in [0.2, 0.25) is 0 Å². The molecule has 0 atom stereocenters. The lowest BCUT2D eigenvalue weighted by molar-refractivity contribution is -0.385. The molecular formula is C23H16N6O3S. The van der Waals surface area contributed by atoms with E-state index in [2.05, 4.69) is 15.5 Å². The van der Waals surface area contributed by atoms with E-state index in [-0.39, 0.29) is 11.3 Å². The van der Waals surface area contributed by atoms with Gasteiger partial charge in [-0.15, -0.1) is 21.5 Å². The van der Waals surface area contributed by atoms with Gasteiger partial charge in [-0.2, -0.15) is 9.61 Å². The molecule has 162 valence electrons. The average Bonchev–Trinajstić information content (AvgIpc) is 3.48. The lowest BCUT2D eigenvalue weighted by Gasteiger charge is -2.09. The number of rotatable bonds is 5. The van der Waals surface area contributed by atoms with Crippen LogP contribution in [0.4, 0.5) is 11.4 Å². The van der Waals surface area contributed by atoms with Crippen LogP contribution in [0, 0.1) is 17.0 Å². The number of anilines is 1. The van der Waals surface area contributed by atoms with Gasteiger partial charge in [0.25, 0.3) is 11.6 Å². The Labute approximate surface area is 191 Å².